The Balaban J connectivity index is 1.68. The molecule has 0 unspecified atom stereocenters. The first-order valence-corrected chi connectivity index (χ1v) is 9.06. The van der Waals surface area contributed by atoms with Crippen LogP contribution in [0, 0.1) is 0 Å². The van der Waals surface area contributed by atoms with Crippen molar-refractivity contribution in [2.75, 3.05) is 11.9 Å². The van der Waals surface area contributed by atoms with E-state index in [0.29, 0.717) is 5.69 Å². The zero-order valence-electron chi connectivity index (χ0n) is 15.1. The fraction of sp³-hybridized carbons (Fsp3) is 0.474. The lowest BCUT2D eigenvalue weighted by Crippen LogP contribution is -2.19. The monoisotopic (exact) mass is 381 g/mol. The van der Waals surface area contributed by atoms with Crippen molar-refractivity contribution in [3.8, 4) is 11.6 Å². The summed E-state index contributed by atoms with van der Waals surface area (Å²) in [6.07, 6.45) is 2.19. The Morgan fingerprint density at radius 1 is 1.11 bits per heavy atom. The SMILES string of the molecule is CCOc1nc(Nc2ccc(OC3CCCCC3)cc2)ncc1C(F)(F)F. The van der Waals surface area contributed by atoms with Crippen molar-refractivity contribution in [2.45, 2.75) is 51.3 Å². The van der Waals surface area contributed by atoms with Crippen molar-refractivity contribution in [1.29, 1.82) is 0 Å². The van der Waals surface area contributed by atoms with Crippen molar-refractivity contribution < 1.29 is 22.6 Å². The van der Waals surface area contributed by atoms with E-state index in [-0.39, 0.29) is 18.7 Å². The van der Waals surface area contributed by atoms with Crippen LogP contribution < -0.4 is 14.8 Å². The molecule has 0 amide bonds. The zero-order chi connectivity index (χ0) is 19.3. The molecule has 3 rings (SSSR count). The number of hydrogen-bond donors (Lipinski definition) is 1. The highest BCUT2D eigenvalue weighted by atomic mass is 19.4. The second-order valence-electron chi connectivity index (χ2n) is 6.37. The number of ether oxygens (including phenoxy) is 2. The fourth-order valence-electron chi connectivity index (χ4n) is 2.99. The average Bonchev–Trinajstić information content (AvgIpc) is 2.64. The minimum atomic E-state index is -4.57. The molecule has 8 heteroatoms. The number of benzene rings is 1. The molecule has 1 N–H and O–H groups in total. The maximum atomic E-state index is 13.0. The normalized spacial score (nSPS) is 15.4. The quantitative estimate of drug-likeness (QED) is 0.731. The van der Waals surface area contributed by atoms with E-state index >= 15 is 0 Å². The molecule has 2 aromatic rings. The van der Waals surface area contributed by atoms with Crippen LogP contribution in [0.3, 0.4) is 0 Å². The highest BCUT2D eigenvalue weighted by Crippen LogP contribution is 2.35. The highest BCUT2D eigenvalue weighted by molar-refractivity contribution is 5.55. The third-order valence-corrected chi connectivity index (χ3v) is 4.31. The Morgan fingerprint density at radius 3 is 2.44 bits per heavy atom. The maximum Gasteiger partial charge on any atom is 0.423 e. The van der Waals surface area contributed by atoms with E-state index in [1.54, 1.807) is 19.1 Å². The first-order chi connectivity index (χ1) is 13.0. The highest BCUT2D eigenvalue weighted by Gasteiger charge is 2.36. The van der Waals surface area contributed by atoms with E-state index < -0.39 is 17.6 Å². The third kappa shape index (κ3) is 5.24. The molecule has 1 aromatic heterocycles. The van der Waals surface area contributed by atoms with E-state index in [2.05, 4.69) is 15.3 Å². The molecule has 1 saturated carbocycles. The molecule has 27 heavy (non-hydrogen) atoms. The van der Waals surface area contributed by atoms with Gasteiger partial charge in [0.15, 0.2) is 0 Å². The van der Waals surface area contributed by atoms with Crippen LogP contribution in [-0.4, -0.2) is 22.7 Å². The van der Waals surface area contributed by atoms with Gasteiger partial charge in [-0.05, 0) is 56.9 Å². The molecule has 1 fully saturated rings. The van der Waals surface area contributed by atoms with Gasteiger partial charge in [0.1, 0.15) is 11.3 Å². The predicted octanol–water partition coefficient (Wildman–Crippen LogP) is 5.35. The summed E-state index contributed by atoms with van der Waals surface area (Å²) in [4.78, 5) is 7.59. The summed E-state index contributed by atoms with van der Waals surface area (Å²) < 4.78 is 49.9. The van der Waals surface area contributed by atoms with Crippen LogP contribution >= 0.6 is 0 Å². The van der Waals surface area contributed by atoms with Crippen LogP contribution in [0.4, 0.5) is 24.8 Å². The third-order valence-electron chi connectivity index (χ3n) is 4.31. The Labute approximate surface area is 155 Å². The predicted molar refractivity (Wildman–Crippen MR) is 95.4 cm³/mol. The van der Waals surface area contributed by atoms with Crippen molar-refractivity contribution in [1.82, 2.24) is 9.97 Å². The van der Waals surface area contributed by atoms with E-state index in [1.807, 2.05) is 12.1 Å². The Kier molecular flexibility index (Phi) is 6.03. The van der Waals surface area contributed by atoms with Crippen LogP contribution in [0.2, 0.25) is 0 Å². The zero-order valence-corrected chi connectivity index (χ0v) is 15.1. The lowest BCUT2D eigenvalue weighted by molar-refractivity contribution is -0.139. The lowest BCUT2D eigenvalue weighted by atomic mass is 9.98. The standard InChI is InChI=1S/C19H22F3N3O2/c1-2-26-17-16(19(20,21)22)12-23-18(25-17)24-13-8-10-15(11-9-13)27-14-6-4-3-5-7-14/h8-12,14H,2-7H2,1H3,(H,23,24,25). The molecule has 1 aliphatic rings. The summed E-state index contributed by atoms with van der Waals surface area (Å²) in [5.74, 6) is 0.322. The van der Waals surface area contributed by atoms with Crippen LogP contribution in [0.25, 0.3) is 0 Å². The Morgan fingerprint density at radius 2 is 1.81 bits per heavy atom. The van der Waals surface area contributed by atoms with E-state index in [1.165, 1.54) is 19.3 Å². The van der Waals surface area contributed by atoms with Gasteiger partial charge >= 0.3 is 6.18 Å². The molecule has 1 aliphatic carbocycles. The molecule has 1 heterocycles. The minimum Gasteiger partial charge on any atom is -0.490 e. The van der Waals surface area contributed by atoms with Gasteiger partial charge in [-0.15, -0.1) is 0 Å². The van der Waals surface area contributed by atoms with Gasteiger partial charge in [-0.25, -0.2) is 4.98 Å². The van der Waals surface area contributed by atoms with Gasteiger partial charge in [0.2, 0.25) is 11.8 Å². The van der Waals surface area contributed by atoms with Gasteiger partial charge in [-0.1, -0.05) is 6.42 Å². The summed E-state index contributed by atoms with van der Waals surface area (Å²) >= 11 is 0. The van der Waals surface area contributed by atoms with E-state index in [9.17, 15) is 13.2 Å². The minimum absolute atomic E-state index is 0.0346. The molecule has 146 valence electrons. The molecule has 0 saturated heterocycles. The number of anilines is 2. The Hall–Kier alpha value is -2.51. The smallest absolute Gasteiger partial charge is 0.423 e. The first-order valence-electron chi connectivity index (χ1n) is 9.06. The van der Waals surface area contributed by atoms with E-state index in [4.69, 9.17) is 9.47 Å². The summed E-state index contributed by atoms with van der Waals surface area (Å²) in [6.45, 7) is 1.67. The van der Waals surface area contributed by atoms with Gasteiger partial charge in [0.25, 0.3) is 0 Å². The largest absolute Gasteiger partial charge is 0.490 e. The van der Waals surface area contributed by atoms with Crippen molar-refractivity contribution >= 4 is 11.6 Å². The molecule has 0 atom stereocenters. The second kappa shape index (κ2) is 8.45. The molecular weight excluding hydrogens is 359 g/mol. The number of alkyl halides is 3. The van der Waals surface area contributed by atoms with Crippen molar-refractivity contribution in [2.24, 2.45) is 0 Å². The molecule has 0 bridgehead atoms. The van der Waals surface area contributed by atoms with Crippen LogP contribution in [0.15, 0.2) is 30.5 Å². The van der Waals surface area contributed by atoms with E-state index in [0.717, 1.165) is 24.8 Å². The summed E-state index contributed by atoms with van der Waals surface area (Å²) in [5, 5.41) is 2.89. The van der Waals surface area contributed by atoms with Gasteiger partial charge in [-0.2, -0.15) is 18.2 Å². The topological polar surface area (TPSA) is 56.3 Å². The molecule has 1 aromatic carbocycles. The number of halogens is 3. The van der Waals surface area contributed by atoms with Gasteiger partial charge in [-0.3, -0.25) is 0 Å². The number of aromatic nitrogens is 2. The molecule has 0 radical (unpaired) electrons. The second-order valence-corrected chi connectivity index (χ2v) is 6.37. The summed E-state index contributed by atoms with van der Waals surface area (Å²) in [6, 6.07) is 7.20. The summed E-state index contributed by atoms with van der Waals surface area (Å²) in [7, 11) is 0. The molecule has 0 spiro atoms. The summed E-state index contributed by atoms with van der Waals surface area (Å²) in [5.41, 5.74) is -0.348. The Bertz CT molecular complexity index is 745. The van der Waals surface area contributed by atoms with Crippen LogP contribution in [0.5, 0.6) is 11.6 Å². The first kappa shape index (κ1) is 19.3. The lowest BCUT2D eigenvalue weighted by Gasteiger charge is -2.23. The number of hydrogen-bond acceptors (Lipinski definition) is 5. The van der Waals surface area contributed by atoms with Crippen molar-refractivity contribution in [3.63, 3.8) is 0 Å². The number of nitrogens with zero attached hydrogens (tertiary/aromatic N) is 2. The fourth-order valence-corrected chi connectivity index (χ4v) is 2.99. The van der Waals surface area contributed by atoms with Crippen LogP contribution in [-0.2, 0) is 6.18 Å². The number of rotatable bonds is 6. The maximum absolute atomic E-state index is 13.0. The van der Waals surface area contributed by atoms with Crippen molar-refractivity contribution in [3.05, 3.63) is 36.0 Å². The van der Waals surface area contributed by atoms with Gasteiger partial charge in [0.05, 0.1) is 12.7 Å². The molecule has 5 nitrogen and oxygen atoms in total. The molecular formula is C19H22F3N3O2. The number of nitrogens with one attached hydrogen (secondary N) is 1. The average molecular weight is 381 g/mol. The molecule has 0 aliphatic heterocycles. The van der Waals surface area contributed by atoms with Crippen LogP contribution in [0.1, 0.15) is 44.6 Å². The van der Waals surface area contributed by atoms with Gasteiger partial charge in [0, 0.05) is 11.9 Å². The van der Waals surface area contributed by atoms with Gasteiger partial charge < -0.3 is 14.8 Å².